The lowest BCUT2D eigenvalue weighted by atomic mass is 9.93. The molecule has 3 rings (SSSR count). The monoisotopic (exact) mass is 356 g/mol. The second-order valence-corrected chi connectivity index (χ2v) is 6.49. The Morgan fingerprint density at radius 2 is 1.88 bits per heavy atom. The Morgan fingerprint density at radius 3 is 2.50 bits per heavy atom. The van der Waals surface area contributed by atoms with Gasteiger partial charge in [-0.1, -0.05) is 12.1 Å². The maximum Gasteiger partial charge on any atom is 0.335 e. The average Bonchev–Trinajstić information content (AvgIpc) is 3.15. The zero-order valence-electron chi connectivity index (χ0n) is 14.9. The van der Waals surface area contributed by atoms with Crippen LogP contribution in [0, 0.1) is 0 Å². The van der Waals surface area contributed by atoms with Gasteiger partial charge in [0.2, 0.25) is 0 Å². The molecule has 2 aromatic rings. The van der Waals surface area contributed by atoms with Gasteiger partial charge in [0.25, 0.3) is 0 Å². The number of carbonyl (C=O) groups excluding carboxylic acids is 1. The van der Waals surface area contributed by atoms with Gasteiger partial charge < -0.3 is 15.3 Å². The molecule has 1 fully saturated rings. The molecule has 0 atom stereocenters. The Bertz CT molecular complexity index is 761. The predicted octanol–water partition coefficient (Wildman–Crippen LogP) is 2.69. The van der Waals surface area contributed by atoms with Crippen molar-refractivity contribution in [2.24, 2.45) is 0 Å². The summed E-state index contributed by atoms with van der Waals surface area (Å²) in [4.78, 5) is 25.1. The Hall–Kier alpha value is -2.83. The summed E-state index contributed by atoms with van der Waals surface area (Å²) in [7, 11) is 0. The van der Waals surface area contributed by atoms with Gasteiger partial charge in [-0.2, -0.15) is 5.10 Å². The van der Waals surface area contributed by atoms with Gasteiger partial charge in [0.15, 0.2) is 0 Å². The number of aromatic carboxylic acids is 1. The second-order valence-electron chi connectivity index (χ2n) is 6.49. The molecule has 7 heteroatoms. The molecule has 2 N–H and O–H groups in total. The van der Waals surface area contributed by atoms with Crippen LogP contribution in [-0.4, -0.2) is 44.9 Å². The topological polar surface area (TPSA) is 87.5 Å². The van der Waals surface area contributed by atoms with Gasteiger partial charge >= 0.3 is 12.0 Å². The summed E-state index contributed by atoms with van der Waals surface area (Å²) in [6, 6.07) is 8.54. The number of carboxylic acid groups (broad SMARTS) is 1. The van der Waals surface area contributed by atoms with E-state index in [0.717, 1.165) is 38.0 Å². The lowest BCUT2D eigenvalue weighted by Crippen LogP contribution is -2.44. The van der Waals surface area contributed by atoms with E-state index in [1.54, 1.807) is 24.3 Å². The summed E-state index contributed by atoms with van der Waals surface area (Å²) < 4.78 is 2.03. The minimum absolute atomic E-state index is 0.0743. The highest BCUT2D eigenvalue weighted by atomic mass is 16.4. The second kappa shape index (κ2) is 8.03. The molecular weight excluding hydrogens is 332 g/mol. The van der Waals surface area contributed by atoms with Crippen LogP contribution < -0.4 is 5.32 Å². The summed E-state index contributed by atoms with van der Waals surface area (Å²) in [5.41, 5.74) is 2.38. The van der Waals surface area contributed by atoms with Crippen molar-refractivity contribution >= 4 is 12.0 Å². The smallest absolute Gasteiger partial charge is 0.335 e. The Labute approximate surface area is 152 Å². The van der Waals surface area contributed by atoms with E-state index >= 15 is 0 Å². The first-order valence-electron chi connectivity index (χ1n) is 8.95. The highest BCUT2D eigenvalue weighted by molar-refractivity contribution is 5.87. The Balaban J connectivity index is 1.48. The van der Waals surface area contributed by atoms with E-state index in [0.29, 0.717) is 12.5 Å². The molecule has 1 saturated heterocycles. The zero-order chi connectivity index (χ0) is 18.5. The lowest BCUT2D eigenvalue weighted by molar-refractivity contribution is 0.0697. The first-order chi connectivity index (χ1) is 12.6. The van der Waals surface area contributed by atoms with Gasteiger partial charge in [-0.3, -0.25) is 4.68 Å². The summed E-state index contributed by atoms with van der Waals surface area (Å²) in [5, 5.41) is 16.1. The number of carboxylic acids is 1. The van der Waals surface area contributed by atoms with Crippen molar-refractivity contribution in [3.05, 3.63) is 53.3 Å². The van der Waals surface area contributed by atoms with Crippen LogP contribution >= 0.6 is 0 Å². The fraction of sp³-hybridized carbons (Fsp3) is 0.421. The maximum atomic E-state index is 12.4. The van der Waals surface area contributed by atoms with E-state index in [-0.39, 0.29) is 11.6 Å². The number of nitrogens with one attached hydrogen (secondary N) is 1. The van der Waals surface area contributed by atoms with Gasteiger partial charge in [0.05, 0.1) is 5.56 Å². The predicted molar refractivity (Wildman–Crippen MR) is 97.1 cm³/mol. The van der Waals surface area contributed by atoms with Crippen LogP contribution in [0.2, 0.25) is 0 Å². The SMILES string of the molecule is CCn1nccc1C1CCN(C(=O)NCc2ccc(C(=O)O)cc2)CC1. The number of piperidine rings is 1. The molecule has 1 aromatic heterocycles. The fourth-order valence-corrected chi connectivity index (χ4v) is 3.39. The van der Waals surface area contributed by atoms with Crippen LogP contribution in [0.25, 0.3) is 0 Å². The third-order valence-corrected chi connectivity index (χ3v) is 4.89. The first kappa shape index (κ1) is 18.0. The summed E-state index contributed by atoms with van der Waals surface area (Å²) in [5.74, 6) is -0.502. The number of aryl methyl sites for hydroxylation is 1. The van der Waals surface area contributed by atoms with Crippen molar-refractivity contribution in [1.82, 2.24) is 20.0 Å². The molecule has 7 nitrogen and oxygen atoms in total. The maximum absolute atomic E-state index is 12.4. The number of rotatable bonds is 5. The molecule has 1 aliphatic heterocycles. The summed E-state index contributed by atoms with van der Waals surface area (Å²) in [6.45, 7) is 4.79. The molecule has 138 valence electrons. The standard InChI is InChI=1S/C19H24N4O3/c1-2-23-17(7-10-21-23)15-8-11-22(12-9-15)19(26)20-13-14-3-5-16(6-4-14)18(24)25/h3-7,10,15H,2,8-9,11-13H2,1H3,(H,20,26)(H,24,25). The molecule has 0 spiro atoms. The molecule has 0 unspecified atom stereocenters. The van der Waals surface area contributed by atoms with E-state index in [9.17, 15) is 9.59 Å². The van der Waals surface area contributed by atoms with Crippen LogP contribution in [0.3, 0.4) is 0 Å². The van der Waals surface area contributed by atoms with Crippen molar-refractivity contribution < 1.29 is 14.7 Å². The van der Waals surface area contributed by atoms with E-state index in [1.807, 2.05) is 15.8 Å². The summed E-state index contributed by atoms with van der Waals surface area (Å²) in [6.07, 6.45) is 3.71. The van der Waals surface area contributed by atoms with E-state index in [1.165, 1.54) is 5.69 Å². The number of hydrogen-bond acceptors (Lipinski definition) is 3. The van der Waals surface area contributed by atoms with Crippen molar-refractivity contribution in [2.75, 3.05) is 13.1 Å². The molecule has 2 amide bonds. The summed E-state index contributed by atoms with van der Waals surface area (Å²) >= 11 is 0. The molecule has 2 heterocycles. The van der Waals surface area contributed by atoms with Gasteiger partial charge in [0, 0.05) is 44.0 Å². The molecule has 0 aliphatic carbocycles. The zero-order valence-corrected chi connectivity index (χ0v) is 14.9. The molecule has 1 aromatic carbocycles. The van der Waals surface area contributed by atoms with Gasteiger partial charge in [-0.15, -0.1) is 0 Å². The van der Waals surface area contributed by atoms with Crippen molar-refractivity contribution in [3.63, 3.8) is 0 Å². The van der Waals surface area contributed by atoms with Crippen LogP contribution in [-0.2, 0) is 13.1 Å². The molecule has 0 bridgehead atoms. The van der Waals surface area contributed by atoms with E-state index in [2.05, 4.69) is 23.4 Å². The molecule has 26 heavy (non-hydrogen) atoms. The van der Waals surface area contributed by atoms with E-state index in [4.69, 9.17) is 5.11 Å². The number of nitrogens with zero attached hydrogens (tertiary/aromatic N) is 3. The third kappa shape index (κ3) is 4.04. The quantitative estimate of drug-likeness (QED) is 0.862. The normalized spacial score (nSPS) is 15.0. The number of likely N-dealkylation sites (tertiary alicyclic amines) is 1. The first-order valence-corrected chi connectivity index (χ1v) is 8.95. The Morgan fingerprint density at radius 1 is 1.19 bits per heavy atom. The van der Waals surface area contributed by atoms with Crippen molar-refractivity contribution in [1.29, 1.82) is 0 Å². The minimum Gasteiger partial charge on any atom is -0.478 e. The fourth-order valence-electron chi connectivity index (χ4n) is 3.39. The number of benzene rings is 1. The minimum atomic E-state index is -0.951. The number of carbonyl (C=O) groups is 2. The van der Waals surface area contributed by atoms with Crippen LogP contribution in [0.5, 0.6) is 0 Å². The van der Waals surface area contributed by atoms with Crippen molar-refractivity contribution in [3.8, 4) is 0 Å². The number of amides is 2. The van der Waals surface area contributed by atoms with Crippen LogP contribution in [0.4, 0.5) is 4.79 Å². The number of aromatic nitrogens is 2. The van der Waals surface area contributed by atoms with Gasteiger partial charge in [-0.05, 0) is 43.5 Å². The number of hydrogen-bond donors (Lipinski definition) is 2. The molecule has 1 aliphatic rings. The largest absolute Gasteiger partial charge is 0.478 e. The highest BCUT2D eigenvalue weighted by Gasteiger charge is 2.25. The molecule has 0 saturated carbocycles. The highest BCUT2D eigenvalue weighted by Crippen LogP contribution is 2.27. The molecule has 0 radical (unpaired) electrons. The van der Waals surface area contributed by atoms with Crippen LogP contribution in [0.1, 0.15) is 47.3 Å². The van der Waals surface area contributed by atoms with E-state index < -0.39 is 5.97 Å². The number of urea groups is 1. The third-order valence-electron chi connectivity index (χ3n) is 4.89. The Kier molecular flexibility index (Phi) is 5.55. The average molecular weight is 356 g/mol. The van der Waals surface area contributed by atoms with Gasteiger partial charge in [-0.25, -0.2) is 9.59 Å². The lowest BCUT2D eigenvalue weighted by Gasteiger charge is -2.32. The molecular formula is C19H24N4O3. The van der Waals surface area contributed by atoms with Gasteiger partial charge in [0.1, 0.15) is 0 Å². The van der Waals surface area contributed by atoms with Crippen LogP contribution in [0.15, 0.2) is 36.5 Å². The van der Waals surface area contributed by atoms with Crippen molar-refractivity contribution in [2.45, 2.75) is 38.8 Å².